The van der Waals surface area contributed by atoms with Crippen molar-refractivity contribution in [1.29, 1.82) is 0 Å². The molecule has 115 valence electrons. The Morgan fingerprint density at radius 2 is 2.09 bits per heavy atom. The highest BCUT2D eigenvalue weighted by molar-refractivity contribution is 9.10. The summed E-state index contributed by atoms with van der Waals surface area (Å²) < 4.78 is 2.68. The van der Waals surface area contributed by atoms with Crippen LogP contribution in [0.1, 0.15) is 10.4 Å². The van der Waals surface area contributed by atoms with Gasteiger partial charge in [-0.1, -0.05) is 28.1 Å². The van der Waals surface area contributed by atoms with E-state index < -0.39 is 11.9 Å². The number of halogens is 1. The number of nitrogens with one attached hydrogen (secondary N) is 2. The molecule has 0 aliphatic rings. The molecule has 2 aromatic carbocycles. The van der Waals surface area contributed by atoms with Crippen molar-refractivity contribution in [3.8, 4) is 0 Å². The summed E-state index contributed by atoms with van der Waals surface area (Å²) in [5.74, 6) is -0.456. The lowest BCUT2D eigenvalue weighted by Gasteiger charge is -2.06. The number of anilines is 1. The Hall–Kier alpha value is -2.60. The number of hydrogen-bond acceptors (Lipinski definition) is 2. The number of aromatic nitrogens is 1. The van der Waals surface area contributed by atoms with Crippen molar-refractivity contribution in [3.05, 3.63) is 64.8 Å². The lowest BCUT2D eigenvalue weighted by Crippen LogP contribution is -2.34. The lowest BCUT2D eigenvalue weighted by molar-refractivity contribution is 0.0968. The molecule has 0 saturated carbocycles. The minimum atomic E-state index is -0.579. The van der Waals surface area contributed by atoms with Crippen molar-refractivity contribution >= 4 is 44.5 Å². The summed E-state index contributed by atoms with van der Waals surface area (Å²) in [7, 11) is 1.85. The van der Waals surface area contributed by atoms with E-state index in [2.05, 4.69) is 32.6 Å². The molecule has 23 heavy (non-hydrogen) atoms. The second kappa shape index (κ2) is 6.26. The maximum Gasteiger partial charge on any atom is 0.326 e. The fraction of sp³-hybridized carbons (Fsp3) is 0.0588. The average molecular weight is 371 g/mol. The van der Waals surface area contributed by atoms with E-state index in [9.17, 15) is 9.59 Å². The molecule has 3 rings (SSSR count). The first-order chi connectivity index (χ1) is 11.0. The Balaban J connectivity index is 1.77. The molecule has 3 aromatic rings. The van der Waals surface area contributed by atoms with Crippen LogP contribution in [-0.4, -0.2) is 16.5 Å². The Morgan fingerprint density at radius 1 is 1.26 bits per heavy atom. The summed E-state index contributed by atoms with van der Waals surface area (Å²) in [5.41, 5.74) is 1.93. The van der Waals surface area contributed by atoms with Crippen molar-refractivity contribution in [1.82, 2.24) is 9.88 Å². The quantitative estimate of drug-likeness (QED) is 0.722. The van der Waals surface area contributed by atoms with Crippen LogP contribution in [0, 0.1) is 6.07 Å². The Kier molecular flexibility index (Phi) is 4.16. The molecule has 0 aliphatic carbocycles. The largest absolute Gasteiger partial charge is 0.350 e. The summed E-state index contributed by atoms with van der Waals surface area (Å²) >= 11 is 3.32. The van der Waals surface area contributed by atoms with Crippen LogP contribution in [0.15, 0.2) is 53.1 Å². The van der Waals surface area contributed by atoms with E-state index in [0.717, 1.165) is 15.4 Å². The van der Waals surface area contributed by atoms with Crippen LogP contribution in [0.3, 0.4) is 0 Å². The zero-order valence-corrected chi connectivity index (χ0v) is 13.8. The minimum Gasteiger partial charge on any atom is -0.350 e. The topological polar surface area (TPSA) is 63.1 Å². The molecule has 0 aliphatic heterocycles. The van der Waals surface area contributed by atoms with Crippen molar-refractivity contribution in [2.45, 2.75) is 0 Å². The zero-order chi connectivity index (χ0) is 16.4. The monoisotopic (exact) mass is 370 g/mol. The summed E-state index contributed by atoms with van der Waals surface area (Å²) in [6.45, 7) is 0. The van der Waals surface area contributed by atoms with Gasteiger partial charge in [0.25, 0.3) is 5.91 Å². The van der Waals surface area contributed by atoms with Gasteiger partial charge in [0.15, 0.2) is 0 Å². The number of aryl methyl sites for hydroxylation is 1. The maximum absolute atomic E-state index is 12.3. The fourth-order valence-electron chi connectivity index (χ4n) is 2.36. The fourth-order valence-corrected chi connectivity index (χ4v) is 2.76. The van der Waals surface area contributed by atoms with Crippen LogP contribution in [0.2, 0.25) is 0 Å². The van der Waals surface area contributed by atoms with Crippen LogP contribution in [0.25, 0.3) is 10.9 Å². The van der Waals surface area contributed by atoms with Gasteiger partial charge in [0.1, 0.15) is 0 Å². The van der Waals surface area contributed by atoms with Gasteiger partial charge in [-0.05, 0) is 36.4 Å². The van der Waals surface area contributed by atoms with Gasteiger partial charge in [-0.15, -0.1) is 0 Å². The molecule has 0 saturated heterocycles. The molecule has 3 amide bonds. The summed E-state index contributed by atoms with van der Waals surface area (Å²) in [5, 5.41) is 5.71. The highest BCUT2D eigenvalue weighted by Gasteiger charge is 2.16. The van der Waals surface area contributed by atoms with Gasteiger partial charge in [-0.3, -0.25) is 10.1 Å². The van der Waals surface area contributed by atoms with Gasteiger partial charge >= 0.3 is 6.03 Å². The third kappa shape index (κ3) is 3.27. The first-order valence-electron chi connectivity index (χ1n) is 6.87. The number of imide groups is 1. The van der Waals surface area contributed by atoms with E-state index in [1.165, 1.54) is 0 Å². The van der Waals surface area contributed by atoms with Crippen molar-refractivity contribution in [2.75, 3.05) is 5.32 Å². The zero-order valence-electron chi connectivity index (χ0n) is 12.3. The molecular formula is C17H13BrN3O2. The second-order valence-electron chi connectivity index (χ2n) is 5.02. The standard InChI is InChI=1S/C17H13BrN3O2/c1-21-10-14(13-7-2-3-8-15(13)21)16(22)20-17(23)19-12-6-4-5-11(18)9-12/h3-10H,1H3,(H2,19,20,22,23). The minimum absolute atomic E-state index is 0.434. The number of benzene rings is 2. The highest BCUT2D eigenvalue weighted by Crippen LogP contribution is 2.20. The predicted molar refractivity (Wildman–Crippen MR) is 92.4 cm³/mol. The molecule has 1 radical (unpaired) electrons. The van der Waals surface area contributed by atoms with Crippen LogP contribution in [-0.2, 0) is 7.05 Å². The first-order valence-corrected chi connectivity index (χ1v) is 7.67. The lowest BCUT2D eigenvalue weighted by atomic mass is 10.1. The predicted octanol–water partition coefficient (Wildman–Crippen LogP) is 3.70. The molecule has 1 aromatic heterocycles. The molecule has 0 atom stereocenters. The van der Waals surface area contributed by atoms with E-state index in [1.54, 1.807) is 36.5 Å². The van der Waals surface area contributed by atoms with Gasteiger partial charge in [-0.2, -0.15) is 0 Å². The van der Waals surface area contributed by atoms with E-state index in [-0.39, 0.29) is 0 Å². The Morgan fingerprint density at radius 3 is 2.87 bits per heavy atom. The highest BCUT2D eigenvalue weighted by atomic mass is 79.9. The average Bonchev–Trinajstić information content (AvgIpc) is 2.85. The molecule has 0 fully saturated rings. The Bertz CT molecular complexity index is 902. The Labute approximate surface area is 141 Å². The van der Waals surface area contributed by atoms with Crippen LogP contribution < -0.4 is 10.6 Å². The summed E-state index contributed by atoms with van der Waals surface area (Å²) in [6, 6.07) is 14.9. The molecule has 6 heteroatoms. The van der Waals surface area contributed by atoms with Crippen LogP contribution in [0.4, 0.5) is 10.5 Å². The number of amides is 3. The number of carbonyl (C=O) groups excluding carboxylic acids is 2. The molecule has 1 heterocycles. The molecule has 2 N–H and O–H groups in total. The molecule has 5 nitrogen and oxygen atoms in total. The number of fused-ring (bicyclic) bond motifs is 1. The van der Waals surface area contributed by atoms with E-state index in [4.69, 9.17) is 0 Å². The number of urea groups is 1. The molecule has 0 spiro atoms. The molecular weight excluding hydrogens is 358 g/mol. The van der Waals surface area contributed by atoms with Crippen LogP contribution >= 0.6 is 15.9 Å². The third-order valence-corrected chi connectivity index (χ3v) is 3.88. The van der Waals surface area contributed by atoms with Crippen molar-refractivity contribution in [3.63, 3.8) is 0 Å². The van der Waals surface area contributed by atoms with Gasteiger partial charge in [0.2, 0.25) is 0 Å². The third-order valence-electron chi connectivity index (χ3n) is 3.39. The van der Waals surface area contributed by atoms with E-state index in [0.29, 0.717) is 11.3 Å². The SMILES string of the molecule is Cn1cc(C(=O)NC(=O)Nc2cccc(Br)c2)c2c[c]ccc21. The van der Waals surface area contributed by atoms with Gasteiger partial charge in [-0.25, -0.2) is 4.79 Å². The molecule has 0 unspecified atom stereocenters. The van der Waals surface area contributed by atoms with E-state index in [1.807, 2.05) is 23.7 Å². The van der Waals surface area contributed by atoms with Crippen molar-refractivity contribution < 1.29 is 9.59 Å². The normalized spacial score (nSPS) is 10.5. The van der Waals surface area contributed by atoms with Crippen molar-refractivity contribution in [2.24, 2.45) is 7.05 Å². The smallest absolute Gasteiger partial charge is 0.326 e. The van der Waals surface area contributed by atoms with Gasteiger partial charge in [0, 0.05) is 34.3 Å². The summed E-state index contributed by atoms with van der Waals surface area (Å²) in [6.07, 6.45) is 1.69. The second-order valence-corrected chi connectivity index (χ2v) is 5.93. The molecule has 0 bridgehead atoms. The summed E-state index contributed by atoms with van der Waals surface area (Å²) in [4.78, 5) is 24.3. The number of carbonyl (C=O) groups is 2. The number of hydrogen-bond donors (Lipinski definition) is 2. The van der Waals surface area contributed by atoms with Crippen LogP contribution in [0.5, 0.6) is 0 Å². The van der Waals surface area contributed by atoms with Gasteiger partial charge in [0.05, 0.1) is 5.56 Å². The maximum atomic E-state index is 12.3. The first kappa shape index (κ1) is 15.3. The van der Waals surface area contributed by atoms with E-state index >= 15 is 0 Å². The van der Waals surface area contributed by atoms with Gasteiger partial charge < -0.3 is 9.88 Å². The number of nitrogens with zero attached hydrogens (tertiary/aromatic N) is 1. The number of rotatable bonds is 2.